The monoisotopic (exact) mass is 257 g/mol. The minimum Gasteiger partial charge on any atom is -0.352 e. The summed E-state index contributed by atoms with van der Waals surface area (Å²) in [7, 11) is 0. The van der Waals surface area contributed by atoms with E-state index in [0.29, 0.717) is 24.2 Å². The highest BCUT2D eigenvalue weighted by Gasteiger charge is 2.07. The third-order valence-corrected chi connectivity index (χ3v) is 2.69. The van der Waals surface area contributed by atoms with E-state index >= 15 is 0 Å². The number of aromatic nitrogens is 6. The maximum Gasteiger partial charge on any atom is 0.252 e. The van der Waals surface area contributed by atoms with E-state index in [-0.39, 0.29) is 5.91 Å². The van der Waals surface area contributed by atoms with Crippen LogP contribution in [0.4, 0.5) is 0 Å². The van der Waals surface area contributed by atoms with E-state index < -0.39 is 0 Å². The molecule has 3 heterocycles. The lowest BCUT2D eigenvalue weighted by molar-refractivity contribution is 0.0953. The van der Waals surface area contributed by atoms with Gasteiger partial charge in [0.1, 0.15) is 0 Å². The fourth-order valence-electron chi connectivity index (χ4n) is 1.71. The van der Waals surface area contributed by atoms with Crippen LogP contribution in [0.25, 0.3) is 5.65 Å². The molecule has 0 spiro atoms. The number of tetrazole rings is 1. The lowest BCUT2D eigenvalue weighted by Crippen LogP contribution is -2.26. The zero-order chi connectivity index (χ0) is 13.1. The van der Waals surface area contributed by atoms with E-state index in [4.69, 9.17) is 0 Å². The molecule has 3 rings (SSSR count). The molecule has 3 aromatic heterocycles. The van der Waals surface area contributed by atoms with Crippen LogP contribution in [0.5, 0.6) is 0 Å². The molecule has 96 valence electrons. The van der Waals surface area contributed by atoms with E-state index in [1.807, 2.05) is 0 Å². The number of carbonyl (C=O) groups is 1. The molecule has 0 aliphatic heterocycles. The summed E-state index contributed by atoms with van der Waals surface area (Å²) in [5, 5.41) is 13.9. The molecule has 0 saturated carbocycles. The summed E-state index contributed by atoms with van der Waals surface area (Å²) in [6, 6.07) is 3.39. The van der Waals surface area contributed by atoms with Crippen LogP contribution in [0, 0.1) is 0 Å². The van der Waals surface area contributed by atoms with Gasteiger partial charge in [-0.25, -0.2) is 4.98 Å². The molecule has 19 heavy (non-hydrogen) atoms. The molecule has 8 nitrogen and oxygen atoms in total. The van der Waals surface area contributed by atoms with Gasteiger partial charge in [-0.2, -0.15) is 4.52 Å². The summed E-state index contributed by atoms with van der Waals surface area (Å²) < 4.78 is 1.46. The summed E-state index contributed by atoms with van der Waals surface area (Å²) in [6.45, 7) is 0.536. The summed E-state index contributed by atoms with van der Waals surface area (Å²) >= 11 is 0. The van der Waals surface area contributed by atoms with Crippen LogP contribution < -0.4 is 5.32 Å². The Kier molecular flexibility index (Phi) is 2.89. The van der Waals surface area contributed by atoms with Crippen molar-refractivity contribution in [2.45, 2.75) is 6.42 Å². The topological polar surface area (TPSA) is 101 Å². The van der Waals surface area contributed by atoms with Crippen molar-refractivity contribution in [3.63, 3.8) is 0 Å². The zero-order valence-electron chi connectivity index (χ0n) is 9.95. The number of H-pyrrole nitrogens is 1. The van der Waals surface area contributed by atoms with Crippen molar-refractivity contribution in [3.8, 4) is 0 Å². The zero-order valence-corrected chi connectivity index (χ0v) is 9.95. The average molecular weight is 257 g/mol. The third-order valence-electron chi connectivity index (χ3n) is 2.69. The molecule has 0 unspecified atom stereocenters. The van der Waals surface area contributed by atoms with Crippen LogP contribution in [0.15, 0.2) is 30.9 Å². The van der Waals surface area contributed by atoms with E-state index in [9.17, 15) is 4.79 Å². The first-order valence-corrected chi connectivity index (χ1v) is 5.76. The number of amides is 1. The maximum absolute atomic E-state index is 11.9. The second-order valence-electron chi connectivity index (χ2n) is 3.98. The molecule has 0 fully saturated rings. The summed E-state index contributed by atoms with van der Waals surface area (Å²) in [5.41, 5.74) is 2.11. The van der Waals surface area contributed by atoms with Gasteiger partial charge in [0.15, 0.2) is 5.65 Å². The Bertz CT molecular complexity index is 688. The number of carbonyl (C=O) groups excluding carboxylic acids is 1. The van der Waals surface area contributed by atoms with Gasteiger partial charge in [0, 0.05) is 31.1 Å². The highest BCUT2D eigenvalue weighted by molar-refractivity contribution is 5.94. The largest absolute Gasteiger partial charge is 0.352 e. The fraction of sp³-hybridized carbons (Fsp3) is 0.182. The number of fused-ring (bicyclic) bond motifs is 1. The molecule has 2 N–H and O–H groups in total. The van der Waals surface area contributed by atoms with Crippen molar-refractivity contribution >= 4 is 11.6 Å². The summed E-state index contributed by atoms with van der Waals surface area (Å²) in [6.07, 6.45) is 5.65. The van der Waals surface area contributed by atoms with Crippen LogP contribution in [0.3, 0.4) is 0 Å². The number of imidazole rings is 1. The SMILES string of the molecule is O=C(NCCc1cnc[nH]1)c1ccc2nnnn2c1. The van der Waals surface area contributed by atoms with Gasteiger partial charge in [0.25, 0.3) is 5.91 Å². The third kappa shape index (κ3) is 2.41. The van der Waals surface area contributed by atoms with Crippen molar-refractivity contribution in [1.29, 1.82) is 0 Å². The Morgan fingerprint density at radius 3 is 3.21 bits per heavy atom. The molecule has 0 aliphatic rings. The number of aromatic amines is 1. The quantitative estimate of drug-likeness (QED) is 0.675. The van der Waals surface area contributed by atoms with Crippen LogP contribution in [0.1, 0.15) is 16.1 Å². The molecule has 0 aromatic carbocycles. The van der Waals surface area contributed by atoms with Gasteiger partial charge in [-0.15, -0.1) is 5.10 Å². The van der Waals surface area contributed by atoms with Crippen molar-refractivity contribution in [2.75, 3.05) is 6.54 Å². The lowest BCUT2D eigenvalue weighted by atomic mass is 10.2. The van der Waals surface area contributed by atoms with Gasteiger partial charge < -0.3 is 10.3 Å². The smallest absolute Gasteiger partial charge is 0.252 e. The Balaban J connectivity index is 1.63. The highest BCUT2D eigenvalue weighted by atomic mass is 16.1. The average Bonchev–Trinajstić information content (AvgIpc) is 3.08. The predicted molar refractivity (Wildman–Crippen MR) is 65.4 cm³/mol. The number of nitrogens with one attached hydrogen (secondary N) is 2. The Morgan fingerprint density at radius 2 is 2.37 bits per heavy atom. The Labute approximate surface area is 107 Å². The molecule has 0 bridgehead atoms. The first-order valence-electron chi connectivity index (χ1n) is 5.76. The second kappa shape index (κ2) is 4.84. The van der Waals surface area contributed by atoms with Gasteiger partial charge in [-0.1, -0.05) is 0 Å². The first-order chi connectivity index (χ1) is 9.33. The Morgan fingerprint density at radius 1 is 1.42 bits per heavy atom. The van der Waals surface area contributed by atoms with E-state index in [0.717, 1.165) is 5.69 Å². The van der Waals surface area contributed by atoms with Gasteiger partial charge in [-0.05, 0) is 22.6 Å². The molecule has 1 amide bonds. The minimum absolute atomic E-state index is 0.156. The van der Waals surface area contributed by atoms with Crippen molar-refractivity contribution in [3.05, 3.63) is 42.1 Å². The molecular weight excluding hydrogens is 246 g/mol. The fourth-order valence-corrected chi connectivity index (χ4v) is 1.71. The molecule has 0 saturated heterocycles. The number of pyridine rings is 1. The molecule has 8 heteroatoms. The van der Waals surface area contributed by atoms with Crippen molar-refractivity contribution in [2.24, 2.45) is 0 Å². The molecule has 0 aliphatic carbocycles. The Hall–Kier alpha value is -2.77. The highest BCUT2D eigenvalue weighted by Crippen LogP contribution is 2.02. The van der Waals surface area contributed by atoms with Crippen LogP contribution in [-0.2, 0) is 6.42 Å². The van der Waals surface area contributed by atoms with Crippen molar-refractivity contribution < 1.29 is 4.79 Å². The summed E-state index contributed by atoms with van der Waals surface area (Å²) in [5.74, 6) is -0.156. The minimum atomic E-state index is -0.156. The molecular formula is C11H11N7O. The molecule has 0 atom stereocenters. The number of rotatable bonds is 4. The summed E-state index contributed by atoms with van der Waals surface area (Å²) in [4.78, 5) is 18.8. The van der Waals surface area contributed by atoms with Crippen molar-refractivity contribution in [1.82, 2.24) is 35.3 Å². The number of hydrogen-bond acceptors (Lipinski definition) is 5. The van der Waals surface area contributed by atoms with E-state index in [1.165, 1.54) is 4.52 Å². The van der Waals surface area contributed by atoms with Crippen LogP contribution in [-0.4, -0.2) is 42.5 Å². The second-order valence-corrected chi connectivity index (χ2v) is 3.98. The first kappa shape index (κ1) is 11.3. The van der Waals surface area contributed by atoms with E-state index in [1.54, 1.807) is 30.9 Å². The number of nitrogens with zero attached hydrogens (tertiary/aromatic N) is 5. The lowest BCUT2D eigenvalue weighted by Gasteiger charge is -2.04. The van der Waals surface area contributed by atoms with Gasteiger partial charge in [0.2, 0.25) is 0 Å². The van der Waals surface area contributed by atoms with Gasteiger partial charge in [-0.3, -0.25) is 4.79 Å². The van der Waals surface area contributed by atoms with Crippen LogP contribution in [0.2, 0.25) is 0 Å². The maximum atomic E-state index is 11.9. The number of hydrogen-bond donors (Lipinski definition) is 2. The predicted octanol–water partition coefficient (Wildman–Crippen LogP) is -0.180. The normalized spacial score (nSPS) is 10.7. The van der Waals surface area contributed by atoms with Gasteiger partial charge >= 0.3 is 0 Å². The van der Waals surface area contributed by atoms with Gasteiger partial charge in [0.05, 0.1) is 11.9 Å². The van der Waals surface area contributed by atoms with E-state index in [2.05, 4.69) is 30.8 Å². The molecule has 3 aromatic rings. The standard InChI is InChI=1S/C11H11N7O/c19-11(13-4-3-9-5-12-7-14-9)8-1-2-10-15-16-17-18(10)6-8/h1-2,5-7H,3-4H2,(H,12,14)(H,13,19). The molecule has 0 radical (unpaired) electrons. The van der Waals surface area contributed by atoms with Crippen LogP contribution >= 0.6 is 0 Å².